The number of allylic oxidation sites excluding steroid dienone is 1. The largest absolute Gasteiger partial charge is 0.372 e. The summed E-state index contributed by atoms with van der Waals surface area (Å²) in [7, 11) is 7.85. The topological polar surface area (TPSA) is 30.0 Å². The molecule has 1 aliphatic heterocycles. The zero-order chi connectivity index (χ0) is 16.2. The van der Waals surface area contributed by atoms with E-state index in [1.807, 2.05) is 44.1 Å². The molecular weight excluding hydrogens is 282 g/mol. The lowest BCUT2D eigenvalue weighted by molar-refractivity contribution is 0.337. The Labute approximate surface area is 132 Å². The predicted molar refractivity (Wildman–Crippen MR) is 92.5 cm³/mol. The third-order valence-corrected chi connectivity index (χ3v) is 4.08. The van der Waals surface area contributed by atoms with E-state index in [0.717, 1.165) is 52.7 Å². The first-order valence-electron chi connectivity index (χ1n) is 6.74. The van der Waals surface area contributed by atoms with Gasteiger partial charge in [0.1, 0.15) is 5.82 Å². The minimum absolute atomic E-state index is 0.768. The minimum Gasteiger partial charge on any atom is -0.372 e. The van der Waals surface area contributed by atoms with Gasteiger partial charge in [0, 0.05) is 46.8 Å². The highest BCUT2D eigenvalue weighted by molar-refractivity contribution is 7.97. The van der Waals surface area contributed by atoms with Gasteiger partial charge in [-0.1, -0.05) is 31.9 Å². The molecule has 0 aliphatic carbocycles. The van der Waals surface area contributed by atoms with Crippen LogP contribution in [0.1, 0.15) is 6.42 Å². The van der Waals surface area contributed by atoms with Crippen LogP contribution in [-0.4, -0.2) is 54.0 Å². The van der Waals surface area contributed by atoms with Crippen LogP contribution in [0.5, 0.6) is 0 Å². The molecule has 0 bridgehead atoms. The molecule has 5 heteroatoms. The summed E-state index contributed by atoms with van der Waals surface area (Å²) in [5.41, 5.74) is 2.65. The summed E-state index contributed by atoms with van der Waals surface area (Å²) in [4.78, 5) is 6.88. The second-order valence-corrected chi connectivity index (χ2v) is 5.79. The van der Waals surface area contributed by atoms with Gasteiger partial charge < -0.3 is 19.3 Å². The Bertz CT molecular complexity index is 506. The monoisotopic (exact) mass is 307 g/mol. The average Bonchev–Trinajstić information content (AvgIpc) is 2.47. The maximum atomic E-state index is 9.59. The van der Waals surface area contributed by atoms with Gasteiger partial charge in [0.2, 0.25) is 0 Å². The third kappa shape index (κ3) is 3.74. The molecule has 0 atom stereocenters. The van der Waals surface area contributed by atoms with Gasteiger partial charge in [-0.05, 0) is 12.0 Å². The van der Waals surface area contributed by atoms with E-state index in [0.29, 0.717) is 0 Å². The first-order valence-corrected chi connectivity index (χ1v) is 7.51. The van der Waals surface area contributed by atoms with Crippen LogP contribution in [-0.2, 0) is 0 Å². The summed E-state index contributed by atoms with van der Waals surface area (Å²) in [6.45, 7) is 12.9. The second-order valence-electron chi connectivity index (χ2n) is 5.17. The van der Waals surface area contributed by atoms with Crippen LogP contribution < -0.4 is 0 Å². The second kappa shape index (κ2) is 7.43. The molecule has 4 nitrogen and oxygen atoms in total. The van der Waals surface area contributed by atoms with E-state index in [1.165, 1.54) is 0 Å². The molecule has 116 valence electrons. The van der Waals surface area contributed by atoms with Gasteiger partial charge in [-0.15, -0.1) is 0 Å². The summed E-state index contributed by atoms with van der Waals surface area (Å²) in [6, 6.07) is 0. The smallest absolute Gasteiger partial charge is 0.100 e. The molecule has 0 aromatic rings. The van der Waals surface area contributed by atoms with Gasteiger partial charge in [-0.25, -0.2) is 0 Å². The third-order valence-electron chi connectivity index (χ3n) is 3.52. The summed E-state index contributed by atoms with van der Waals surface area (Å²) in [5.74, 6) is 0.835. The molecule has 1 aliphatic rings. The molecule has 0 aromatic carbocycles. The Hall–Kier alpha value is -1.59. The summed E-state index contributed by atoms with van der Waals surface area (Å²) in [5, 5.41) is 0. The number of likely N-dealkylation sites (N-methyl/N-ethyl adjacent to an activating group) is 2. The predicted octanol–water partition coefficient (Wildman–Crippen LogP) is 3.33. The van der Waals surface area contributed by atoms with Crippen molar-refractivity contribution < 1.29 is 4.55 Å². The van der Waals surface area contributed by atoms with E-state index in [4.69, 9.17) is 0 Å². The molecule has 0 aromatic heterocycles. The summed E-state index contributed by atoms with van der Waals surface area (Å²) in [6.07, 6.45) is 4.68. The standard InChI is InChI=1S/C16H25N3OS/c1-8-12(2)15(19(7)13(3)17(4)5)16-14(21-20)10-9-11-18(16)6/h8,10,20H,1-3,9,11H2,4-7H3/b16-15+. The molecule has 1 rings (SSSR count). The number of nitrogens with zero attached hydrogens (tertiary/aromatic N) is 3. The fraction of sp³-hybridized carbons (Fsp3) is 0.375. The molecule has 0 saturated heterocycles. The number of rotatable bonds is 6. The van der Waals surface area contributed by atoms with Crippen LogP contribution in [0, 0.1) is 0 Å². The molecule has 0 fully saturated rings. The first-order chi connectivity index (χ1) is 9.84. The van der Waals surface area contributed by atoms with Gasteiger partial charge in [0.15, 0.2) is 0 Å². The molecule has 0 unspecified atom stereocenters. The van der Waals surface area contributed by atoms with Gasteiger partial charge >= 0.3 is 0 Å². The molecular formula is C16H25N3OS. The Morgan fingerprint density at radius 1 is 1.38 bits per heavy atom. The lowest BCUT2D eigenvalue weighted by Gasteiger charge is -2.36. The molecule has 0 saturated carbocycles. The van der Waals surface area contributed by atoms with Crippen molar-refractivity contribution in [2.45, 2.75) is 6.42 Å². The molecule has 0 amide bonds. The van der Waals surface area contributed by atoms with Crippen molar-refractivity contribution in [3.05, 3.63) is 59.6 Å². The Morgan fingerprint density at radius 2 is 2.00 bits per heavy atom. The quantitative estimate of drug-likeness (QED) is 0.601. The highest BCUT2D eigenvalue weighted by atomic mass is 32.2. The molecule has 1 heterocycles. The van der Waals surface area contributed by atoms with Gasteiger partial charge in [-0.3, -0.25) is 0 Å². The molecule has 1 N–H and O–H groups in total. The lowest BCUT2D eigenvalue weighted by atomic mass is 10.1. The van der Waals surface area contributed by atoms with Crippen molar-refractivity contribution >= 4 is 12.0 Å². The van der Waals surface area contributed by atoms with Crippen LogP contribution in [0.3, 0.4) is 0 Å². The van der Waals surface area contributed by atoms with Crippen molar-refractivity contribution in [1.29, 1.82) is 0 Å². The van der Waals surface area contributed by atoms with Crippen molar-refractivity contribution in [2.75, 3.05) is 34.7 Å². The summed E-state index contributed by atoms with van der Waals surface area (Å²) < 4.78 is 9.59. The summed E-state index contributed by atoms with van der Waals surface area (Å²) >= 11 is 0.768. The minimum atomic E-state index is 0.768. The van der Waals surface area contributed by atoms with E-state index in [9.17, 15) is 4.55 Å². The van der Waals surface area contributed by atoms with Crippen molar-refractivity contribution in [1.82, 2.24) is 14.7 Å². The maximum absolute atomic E-state index is 9.59. The zero-order valence-corrected chi connectivity index (χ0v) is 14.2. The first kappa shape index (κ1) is 17.5. The molecule has 21 heavy (non-hydrogen) atoms. The number of hydrogen-bond acceptors (Lipinski definition) is 5. The highest BCUT2D eigenvalue weighted by Crippen LogP contribution is 2.35. The van der Waals surface area contributed by atoms with Gasteiger partial charge in [0.05, 0.1) is 16.3 Å². The maximum Gasteiger partial charge on any atom is 0.100 e. The fourth-order valence-corrected chi connectivity index (χ4v) is 2.75. The van der Waals surface area contributed by atoms with Crippen LogP contribution in [0.4, 0.5) is 0 Å². The van der Waals surface area contributed by atoms with Crippen molar-refractivity contribution in [2.24, 2.45) is 0 Å². The van der Waals surface area contributed by atoms with Crippen molar-refractivity contribution in [3.8, 4) is 0 Å². The van der Waals surface area contributed by atoms with E-state index in [2.05, 4.69) is 24.6 Å². The highest BCUT2D eigenvalue weighted by Gasteiger charge is 2.24. The van der Waals surface area contributed by atoms with Crippen LogP contribution >= 0.6 is 12.0 Å². The van der Waals surface area contributed by atoms with E-state index in [-0.39, 0.29) is 0 Å². The molecule has 0 spiro atoms. The average molecular weight is 307 g/mol. The van der Waals surface area contributed by atoms with Gasteiger partial charge in [-0.2, -0.15) is 0 Å². The molecule has 0 radical (unpaired) electrons. The van der Waals surface area contributed by atoms with E-state index < -0.39 is 0 Å². The Balaban J connectivity index is 3.47. The van der Waals surface area contributed by atoms with Gasteiger partial charge in [0.25, 0.3) is 0 Å². The Morgan fingerprint density at radius 3 is 2.48 bits per heavy atom. The number of hydrogen-bond donors (Lipinski definition) is 1. The Kier molecular flexibility index (Phi) is 6.18. The van der Waals surface area contributed by atoms with Crippen molar-refractivity contribution in [3.63, 3.8) is 0 Å². The van der Waals surface area contributed by atoms with Crippen LogP contribution in [0.25, 0.3) is 0 Å². The fourth-order valence-electron chi connectivity index (χ4n) is 2.22. The SMILES string of the molecule is C=CC(=C)/C(=C1/C(SO)=CCCN1C)N(C)C(=C)N(C)C. The van der Waals surface area contributed by atoms with E-state index in [1.54, 1.807) is 6.08 Å². The zero-order valence-electron chi connectivity index (χ0n) is 13.4. The normalized spacial score (nSPS) is 17.0. The van der Waals surface area contributed by atoms with Crippen LogP contribution in [0.15, 0.2) is 59.6 Å². The van der Waals surface area contributed by atoms with E-state index >= 15 is 0 Å². The van der Waals surface area contributed by atoms with Crippen LogP contribution in [0.2, 0.25) is 0 Å². The lowest BCUT2D eigenvalue weighted by Crippen LogP contribution is -2.32.